The number of nitrogens with zero attached hydrogens (tertiary/aromatic N) is 4. The van der Waals surface area contributed by atoms with Gasteiger partial charge < -0.3 is 9.84 Å². The molecule has 0 bridgehead atoms. The second-order valence-electron chi connectivity index (χ2n) is 9.16. The highest BCUT2D eigenvalue weighted by atomic mass is 35.5. The van der Waals surface area contributed by atoms with Gasteiger partial charge in [0.2, 0.25) is 5.13 Å². The van der Waals surface area contributed by atoms with Gasteiger partial charge in [0.15, 0.2) is 0 Å². The third-order valence-electron chi connectivity index (χ3n) is 6.61. The zero-order chi connectivity index (χ0) is 26.5. The topological polar surface area (TPSA) is 95.9 Å². The standard InChI is InChI=1S/C27H31FN4O4S.ClH/c1-4-32(25(33)21-7-5-6-8-22(21)28)27-30-29-24(37-27)20-15-17(2)23(18(3)16-20)36-14-13-31-11-9-19(10-12-31)26(34)35;/h5-8,15-16,19H,4,9-14H2,1-3H3,(H,34,35);1H. The van der Waals surface area contributed by atoms with Gasteiger partial charge in [-0.1, -0.05) is 23.5 Å². The molecule has 1 fully saturated rings. The normalized spacial score (nSPS) is 14.1. The van der Waals surface area contributed by atoms with Gasteiger partial charge >= 0.3 is 5.97 Å². The first-order valence-corrected chi connectivity index (χ1v) is 13.2. The molecule has 0 saturated carbocycles. The summed E-state index contributed by atoms with van der Waals surface area (Å²) in [5.74, 6) is -1.14. The van der Waals surface area contributed by atoms with E-state index in [1.807, 2.05) is 32.9 Å². The number of carbonyl (C=O) groups is 2. The number of halogens is 2. The Kier molecular flexibility index (Phi) is 10.2. The molecule has 1 aromatic heterocycles. The Labute approximate surface area is 231 Å². The van der Waals surface area contributed by atoms with E-state index in [9.17, 15) is 14.0 Å². The molecule has 38 heavy (non-hydrogen) atoms. The molecule has 2 heterocycles. The summed E-state index contributed by atoms with van der Waals surface area (Å²) in [4.78, 5) is 27.7. The van der Waals surface area contributed by atoms with Crippen molar-refractivity contribution in [2.75, 3.05) is 37.7 Å². The van der Waals surface area contributed by atoms with Crippen LogP contribution in [-0.2, 0) is 4.79 Å². The smallest absolute Gasteiger partial charge is 0.306 e. The van der Waals surface area contributed by atoms with Gasteiger partial charge in [-0.25, -0.2) is 4.39 Å². The fraction of sp³-hybridized carbons (Fsp3) is 0.407. The van der Waals surface area contributed by atoms with Crippen molar-refractivity contribution >= 4 is 40.8 Å². The van der Waals surface area contributed by atoms with Crippen molar-refractivity contribution in [1.29, 1.82) is 0 Å². The molecular formula is C27H32ClFN4O4S. The number of aliphatic carboxylic acids is 1. The van der Waals surface area contributed by atoms with Crippen molar-refractivity contribution < 1.29 is 23.8 Å². The zero-order valence-electron chi connectivity index (χ0n) is 21.6. The highest BCUT2D eigenvalue weighted by Gasteiger charge is 2.25. The third kappa shape index (κ3) is 6.67. The first kappa shape index (κ1) is 29.5. The van der Waals surface area contributed by atoms with Crippen LogP contribution in [0, 0.1) is 25.6 Å². The number of rotatable bonds is 9. The predicted molar refractivity (Wildman–Crippen MR) is 148 cm³/mol. The summed E-state index contributed by atoms with van der Waals surface area (Å²) in [6.07, 6.45) is 1.35. The van der Waals surface area contributed by atoms with Crippen molar-refractivity contribution in [2.24, 2.45) is 5.92 Å². The molecule has 4 rings (SSSR count). The molecule has 0 spiro atoms. The van der Waals surface area contributed by atoms with E-state index in [2.05, 4.69) is 15.1 Å². The molecule has 2 aromatic carbocycles. The van der Waals surface area contributed by atoms with Crippen molar-refractivity contribution in [3.63, 3.8) is 0 Å². The largest absolute Gasteiger partial charge is 0.492 e. The Morgan fingerprint density at radius 1 is 1.16 bits per heavy atom. The molecular weight excluding hydrogens is 531 g/mol. The number of ether oxygens (including phenoxy) is 1. The summed E-state index contributed by atoms with van der Waals surface area (Å²) in [7, 11) is 0. The van der Waals surface area contributed by atoms with Crippen LogP contribution in [0.25, 0.3) is 10.6 Å². The summed E-state index contributed by atoms with van der Waals surface area (Å²) in [6, 6.07) is 9.88. The van der Waals surface area contributed by atoms with Gasteiger partial charge in [-0.15, -0.1) is 22.6 Å². The van der Waals surface area contributed by atoms with Gasteiger partial charge in [0.25, 0.3) is 5.91 Å². The van der Waals surface area contributed by atoms with Crippen LogP contribution in [0.2, 0.25) is 0 Å². The number of carboxylic acids is 1. The average Bonchev–Trinajstić information content (AvgIpc) is 3.36. The van der Waals surface area contributed by atoms with Gasteiger partial charge in [0.1, 0.15) is 23.2 Å². The Morgan fingerprint density at radius 3 is 2.42 bits per heavy atom. The highest BCUT2D eigenvalue weighted by molar-refractivity contribution is 7.18. The molecule has 0 radical (unpaired) electrons. The van der Waals surface area contributed by atoms with E-state index in [0.717, 1.165) is 42.1 Å². The van der Waals surface area contributed by atoms with Crippen LogP contribution >= 0.6 is 23.7 Å². The monoisotopic (exact) mass is 562 g/mol. The number of hydrogen-bond acceptors (Lipinski definition) is 7. The van der Waals surface area contributed by atoms with Gasteiger partial charge in [-0.3, -0.25) is 19.4 Å². The summed E-state index contributed by atoms with van der Waals surface area (Å²) in [5, 5.41) is 18.7. The molecule has 1 aliphatic rings. The molecule has 204 valence electrons. The van der Waals surface area contributed by atoms with Crippen LogP contribution in [0.4, 0.5) is 9.52 Å². The van der Waals surface area contributed by atoms with Crippen molar-refractivity contribution in [3.05, 3.63) is 58.9 Å². The zero-order valence-corrected chi connectivity index (χ0v) is 23.3. The molecule has 0 aliphatic carbocycles. The SMILES string of the molecule is CCN(C(=O)c1ccccc1F)c1nnc(-c2cc(C)c(OCCN3CCC(C(=O)O)CC3)c(C)c2)s1.Cl. The number of aromatic nitrogens is 2. The minimum atomic E-state index is -0.705. The molecule has 1 aliphatic heterocycles. The number of benzene rings is 2. The molecule has 11 heteroatoms. The lowest BCUT2D eigenvalue weighted by Gasteiger charge is -2.30. The average molecular weight is 563 g/mol. The fourth-order valence-corrected chi connectivity index (χ4v) is 5.46. The van der Waals surface area contributed by atoms with Crippen LogP contribution in [0.15, 0.2) is 36.4 Å². The van der Waals surface area contributed by atoms with E-state index in [-0.39, 0.29) is 23.9 Å². The summed E-state index contributed by atoms with van der Waals surface area (Å²) in [5.41, 5.74) is 2.80. The van der Waals surface area contributed by atoms with Crippen molar-refractivity contribution in [1.82, 2.24) is 15.1 Å². The van der Waals surface area contributed by atoms with Gasteiger partial charge in [0, 0.05) is 18.7 Å². The maximum atomic E-state index is 14.2. The maximum absolute atomic E-state index is 14.2. The molecule has 1 saturated heterocycles. The molecule has 3 aromatic rings. The third-order valence-corrected chi connectivity index (χ3v) is 7.60. The van der Waals surface area contributed by atoms with Crippen LogP contribution in [0.1, 0.15) is 41.3 Å². The Hall–Kier alpha value is -3.08. The van der Waals surface area contributed by atoms with E-state index in [1.165, 1.54) is 28.4 Å². The number of hydrogen-bond donors (Lipinski definition) is 1. The van der Waals surface area contributed by atoms with E-state index >= 15 is 0 Å². The Balaban J connectivity index is 0.00000400. The highest BCUT2D eigenvalue weighted by Crippen LogP contribution is 2.34. The number of anilines is 1. The van der Waals surface area contributed by atoms with Crippen molar-refractivity contribution in [2.45, 2.75) is 33.6 Å². The minimum absolute atomic E-state index is 0. The quantitative estimate of drug-likeness (QED) is 0.382. The molecule has 1 amide bonds. The summed E-state index contributed by atoms with van der Waals surface area (Å²) >= 11 is 1.28. The summed E-state index contributed by atoms with van der Waals surface area (Å²) in [6.45, 7) is 8.91. The van der Waals surface area contributed by atoms with E-state index in [0.29, 0.717) is 36.1 Å². The van der Waals surface area contributed by atoms with Crippen LogP contribution in [0.3, 0.4) is 0 Å². The second-order valence-corrected chi connectivity index (χ2v) is 10.1. The number of carbonyl (C=O) groups excluding carboxylic acids is 1. The van der Waals surface area contributed by atoms with Gasteiger partial charge in [0.05, 0.1) is 11.5 Å². The maximum Gasteiger partial charge on any atom is 0.306 e. The van der Waals surface area contributed by atoms with Crippen LogP contribution in [-0.4, -0.2) is 64.9 Å². The number of piperidine rings is 1. The Bertz CT molecular complexity index is 1260. The number of aryl methyl sites for hydroxylation is 2. The summed E-state index contributed by atoms with van der Waals surface area (Å²) < 4.78 is 20.3. The molecule has 0 unspecified atom stereocenters. The van der Waals surface area contributed by atoms with Crippen LogP contribution < -0.4 is 9.64 Å². The van der Waals surface area contributed by atoms with Crippen LogP contribution in [0.5, 0.6) is 5.75 Å². The first-order valence-electron chi connectivity index (χ1n) is 12.4. The lowest BCUT2D eigenvalue weighted by Crippen LogP contribution is -2.38. The van der Waals surface area contributed by atoms with E-state index < -0.39 is 17.7 Å². The predicted octanol–water partition coefficient (Wildman–Crippen LogP) is 5.22. The molecule has 8 nitrogen and oxygen atoms in total. The van der Waals surface area contributed by atoms with Gasteiger partial charge in [-0.2, -0.15) is 0 Å². The van der Waals surface area contributed by atoms with E-state index in [4.69, 9.17) is 9.84 Å². The lowest BCUT2D eigenvalue weighted by molar-refractivity contribution is -0.143. The lowest BCUT2D eigenvalue weighted by atomic mass is 9.97. The van der Waals surface area contributed by atoms with Gasteiger partial charge in [-0.05, 0) is 82.1 Å². The number of likely N-dealkylation sites (tertiary alicyclic amines) is 1. The Morgan fingerprint density at radius 2 is 1.82 bits per heavy atom. The second kappa shape index (κ2) is 13.1. The van der Waals surface area contributed by atoms with Crippen molar-refractivity contribution in [3.8, 4) is 16.3 Å². The number of amides is 1. The molecule has 1 N–H and O–H groups in total. The fourth-order valence-electron chi connectivity index (χ4n) is 4.57. The number of carboxylic acid groups (broad SMARTS) is 1. The first-order chi connectivity index (χ1) is 17.8. The van der Waals surface area contributed by atoms with E-state index in [1.54, 1.807) is 12.1 Å². The molecule has 0 atom stereocenters. The minimum Gasteiger partial charge on any atom is -0.492 e.